The molecule has 9 heteroatoms. The lowest BCUT2D eigenvalue weighted by Gasteiger charge is -2.33. The molecule has 1 aromatic carbocycles. The number of amides is 1. The molecule has 1 aromatic heterocycles. The molecule has 1 fully saturated rings. The number of anilines is 3. The number of rotatable bonds is 3. The standard InChI is InChI=1S/C15H16Cl2N6O/c1-10(24)22-5-7-23(8-6-22)15-20-13(9-18-21-15)19-14-11(16)3-2-4-12(14)17/h2-4,9H,5-8H2,1H3,(H,19,20,21). The van der Waals surface area contributed by atoms with Gasteiger partial charge in [0.1, 0.15) is 0 Å². The maximum Gasteiger partial charge on any atom is 0.247 e. The van der Waals surface area contributed by atoms with E-state index in [2.05, 4.69) is 20.5 Å². The van der Waals surface area contributed by atoms with Gasteiger partial charge in [0.15, 0.2) is 5.82 Å². The molecule has 0 atom stereocenters. The summed E-state index contributed by atoms with van der Waals surface area (Å²) in [6.07, 6.45) is 1.51. The number of aromatic nitrogens is 3. The molecule has 1 amide bonds. The highest BCUT2D eigenvalue weighted by atomic mass is 35.5. The number of nitrogens with zero attached hydrogens (tertiary/aromatic N) is 5. The van der Waals surface area contributed by atoms with Crippen LogP contribution in [0.5, 0.6) is 0 Å². The number of piperazine rings is 1. The molecule has 1 aliphatic rings. The van der Waals surface area contributed by atoms with Crippen LogP contribution in [0.25, 0.3) is 0 Å². The van der Waals surface area contributed by atoms with E-state index in [1.165, 1.54) is 6.20 Å². The fourth-order valence-electron chi connectivity index (χ4n) is 2.45. The number of para-hydroxylation sites is 1. The Hall–Kier alpha value is -2.12. The Morgan fingerprint density at radius 1 is 1.17 bits per heavy atom. The molecule has 0 spiro atoms. The maximum absolute atomic E-state index is 11.4. The highest BCUT2D eigenvalue weighted by Gasteiger charge is 2.21. The Kier molecular flexibility index (Phi) is 5.01. The summed E-state index contributed by atoms with van der Waals surface area (Å²) in [5.74, 6) is 1.09. The fraction of sp³-hybridized carbons (Fsp3) is 0.333. The first-order valence-electron chi connectivity index (χ1n) is 7.46. The van der Waals surface area contributed by atoms with E-state index in [0.29, 0.717) is 53.7 Å². The van der Waals surface area contributed by atoms with Gasteiger partial charge in [0, 0.05) is 33.1 Å². The average Bonchev–Trinajstić information content (AvgIpc) is 2.59. The molecule has 126 valence electrons. The van der Waals surface area contributed by atoms with Crippen molar-refractivity contribution in [1.82, 2.24) is 20.1 Å². The summed E-state index contributed by atoms with van der Waals surface area (Å²) < 4.78 is 0. The van der Waals surface area contributed by atoms with Crippen molar-refractivity contribution in [2.75, 3.05) is 36.4 Å². The van der Waals surface area contributed by atoms with Crippen LogP contribution in [0, 0.1) is 0 Å². The topological polar surface area (TPSA) is 74.2 Å². The van der Waals surface area contributed by atoms with Gasteiger partial charge in [0.25, 0.3) is 0 Å². The van der Waals surface area contributed by atoms with E-state index in [1.807, 2.05) is 4.90 Å². The minimum Gasteiger partial charge on any atom is -0.339 e. The first kappa shape index (κ1) is 16.7. The lowest BCUT2D eigenvalue weighted by atomic mass is 10.3. The third-order valence-electron chi connectivity index (χ3n) is 3.77. The van der Waals surface area contributed by atoms with Crippen LogP contribution < -0.4 is 10.2 Å². The molecule has 3 rings (SSSR count). The van der Waals surface area contributed by atoms with E-state index >= 15 is 0 Å². The zero-order valence-electron chi connectivity index (χ0n) is 13.0. The highest BCUT2D eigenvalue weighted by molar-refractivity contribution is 6.39. The van der Waals surface area contributed by atoms with Crippen molar-refractivity contribution in [3.63, 3.8) is 0 Å². The van der Waals surface area contributed by atoms with Crippen molar-refractivity contribution >= 4 is 46.6 Å². The van der Waals surface area contributed by atoms with Crippen molar-refractivity contribution < 1.29 is 4.79 Å². The SMILES string of the molecule is CC(=O)N1CCN(c2nncc(Nc3c(Cl)cccc3Cl)n2)CC1. The van der Waals surface area contributed by atoms with Crippen molar-refractivity contribution in [3.8, 4) is 0 Å². The quantitative estimate of drug-likeness (QED) is 0.899. The summed E-state index contributed by atoms with van der Waals surface area (Å²) in [5.41, 5.74) is 0.577. The second kappa shape index (κ2) is 7.19. The zero-order valence-corrected chi connectivity index (χ0v) is 14.5. The van der Waals surface area contributed by atoms with Gasteiger partial charge in [-0.3, -0.25) is 4.79 Å². The molecule has 1 N–H and O–H groups in total. The van der Waals surface area contributed by atoms with Crippen LogP contribution in [-0.2, 0) is 4.79 Å². The van der Waals surface area contributed by atoms with Crippen molar-refractivity contribution in [1.29, 1.82) is 0 Å². The van der Waals surface area contributed by atoms with Gasteiger partial charge in [-0.15, -0.1) is 5.10 Å². The summed E-state index contributed by atoms with van der Waals surface area (Å²) >= 11 is 12.3. The average molecular weight is 367 g/mol. The zero-order chi connectivity index (χ0) is 17.1. The molecule has 0 bridgehead atoms. The Labute approximate surface area is 149 Å². The number of nitrogens with one attached hydrogen (secondary N) is 1. The minimum atomic E-state index is 0.0810. The Morgan fingerprint density at radius 2 is 1.83 bits per heavy atom. The van der Waals surface area contributed by atoms with E-state index in [1.54, 1.807) is 30.0 Å². The van der Waals surface area contributed by atoms with Gasteiger partial charge in [-0.2, -0.15) is 10.1 Å². The number of benzene rings is 1. The molecule has 7 nitrogen and oxygen atoms in total. The van der Waals surface area contributed by atoms with Crippen molar-refractivity contribution in [2.24, 2.45) is 0 Å². The van der Waals surface area contributed by atoms with E-state index in [-0.39, 0.29) is 5.91 Å². The van der Waals surface area contributed by atoms with Gasteiger partial charge in [0.05, 0.1) is 21.9 Å². The largest absolute Gasteiger partial charge is 0.339 e. The second-order valence-corrected chi connectivity index (χ2v) is 6.17. The molecule has 2 aromatic rings. The first-order valence-corrected chi connectivity index (χ1v) is 8.21. The third-order valence-corrected chi connectivity index (χ3v) is 4.40. The van der Waals surface area contributed by atoms with Crippen molar-refractivity contribution in [3.05, 3.63) is 34.4 Å². The predicted molar refractivity (Wildman–Crippen MR) is 94.0 cm³/mol. The molecule has 1 aliphatic heterocycles. The minimum absolute atomic E-state index is 0.0810. The van der Waals surface area contributed by atoms with Gasteiger partial charge in [0.2, 0.25) is 11.9 Å². The number of hydrogen-bond donors (Lipinski definition) is 1. The summed E-state index contributed by atoms with van der Waals surface area (Å²) in [6.45, 7) is 4.19. The third kappa shape index (κ3) is 3.68. The van der Waals surface area contributed by atoms with Crippen LogP contribution >= 0.6 is 23.2 Å². The molecule has 0 radical (unpaired) electrons. The number of carbonyl (C=O) groups excluding carboxylic acids is 1. The summed E-state index contributed by atoms with van der Waals surface area (Å²) in [7, 11) is 0. The maximum atomic E-state index is 11.4. The van der Waals surface area contributed by atoms with E-state index in [0.717, 1.165) is 0 Å². The second-order valence-electron chi connectivity index (χ2n) is 5.36. The van der Waals surface area contributed by atoms with E-state index in [9.17, 15) is 4.79 Å². The van der Waals surface area contributed by atoms with Gasteiger partial charge >= 0.3 is 0 Å². The van der Waals surface area contributed by atoms with E-state index in [4.69, 9.17) is 23.2 Å². The number of hydrogen-bond acceptors (Lipinski definition) is 6. The molecular weight excluding hydrogens is 351 g/mol. The van der Waals surface area contributed by atoms with Gasteiger partial charge in [-0.1, -0.05) is 29.3 Å². The molecule has 0 saturated carbocycles. The van der Waals surface area contributed by atoms with Crippen LogP contribution in [-0.4, -0.2) is 52.2 Å². The fourth-order valence-corrected chi connectivity index (χ4v) is 2.95. The lowest BCUT2D eigenvalue weighted by Crippen LogP contribution is -2.48. The Morgan fingerprint density at radius 3 is 2.46 bits per heavy atom. The highest BCUT2D eigenvalue weighted by Crippen LogP contribution is 2.32. The Balaban J connectivity index is 1.74. The van der Waals surface area contributed by atoms with E-state index < -0.39 is 0 Å². The smallest absolute Gasteiger partial charge is 0.247 e. The number of halogens is 2. The van der Waals surface area contributed by atoms with Crippen LogP contribution in [0.1, 0.15) is 6.92 Å². The van der Waals surface area contributed by atoms with Gasteiger partial charge in [-0.25, -0.2) is 0 Å². The normalized spacial score (nSPS) is 14.6. The summed E-state index contributed by atoms with van der Waals surface area (Å²) in [6, 6.07) is 5.26. The predicted octanol–water partition coefficient (Wildman–Crippen LogP) is 2.59. The van der Waals surface area contributed by atoms with Crippen LogP contribution in [0.4, 0.5) is 17.5 Å². The van der Waals surface area contributed by atoms with Crippen LogP contribution in [0.2, 0.25) is 10.0 Å². The molecular formula is C15H16Cl2N6O. The monoisotopic (exact) mass is 366 g/mol. The van der Waals surface area contributed by atoms with Crippen molar-refractivity contribution in [2.45, 2.75) is 6.92 Å². The molecule has 24 heavy (non-hydrogen) atoms. The summed E-state index contributed by atoms with van der Waals surface area (Å²) in [5, 5.41) is 12.1. The van der Waals surface area contributed by atoms with Crippen LogP contribution in [0.15, 0.2) is 24.4 Å². The van der Waals surface area contributed by atoms with Gasteiger partial charge < -0.3 is 15.1 Å². The molecule has 0 aliphatic carbocycles. The first-order chi connectivity index (χ1) is 11.5. The lowest BCUT2D eigenvalue weighted by molar-refractivity contribution is -0.129. The number of carbonyl (C=O) groups is 1. The molecule has 0 unspecified atom stereocenters. The molecule has 2 heterocycles. The van der Waals surface area contributed by atoms with Gasteiger partial charge in [-0.05, 0) is 12.1 Å². The van der Waals surface area contributed by atoms with Crippen LogP contribution in [0.3, 0.4) is 0 Å². The molecule has 1 saturated heterocycles. The summed E-state index contributed by atoms with van der Waals surface area (Å²) in [4.78, 5) is 19.6. The Bertz CT molecular complexity index is 728.